The summed E-state index contributed by atoms with van der Waals surface area (Å²) in [5, 5.41) is 14.4. The lowest BCUT2D eigenvalue weighted by atomic mass is 9.84. The lowest BCUT2D eigenvalue weighted by Crippen LogP contribution is -2.27. The number of tetrazole rings is 1. The molecule has 1 N–H and O–H groups in total. The van der Waals surface area contributed by atoms with E-state index in [2.05, 4.69) is 96.8 Å². The van der Waals surface area contributed by atoms with Gasteiger partial charge in [0, 0.05) is 29.2 Å². The van der Waals surface area contributed by atoms with Crippen LogP contribution in [0.2, 0.25) is 0 Å². The number of nitrogens with one attached hydrogen (secondary N) is 1. The zero-order valence-electron chi connectivity index (χ0n) is 23.3. The number of aromatic nitrogens is 7. The van der Waals surface area contributed by atoms with Gasteiger partial charge in [-0.05, 0) is 59.2 Å². The number of rotatable bonds is 8. The van der Waals surface area contributed by atoms with Crippen LogP contribution in [0.1, 0.15) is 62.9 Å². The number of aromatic amines is 1. The van der Waals surface area contributed by atoms with Crippen LogP contribution in [-0.4, -0.2) is 34.7 Å². The molecule has 0 aliphatic carbocycles. The summed E-state index contributed by atoms with van der Waals surface area (Å²) in [6.45, 7) is 11.3. The molecule has 0 fully saturated rings. The number of hydrogen-bond donors (Lipinski definition) is 1. The van der Waals surface area contributed by atoms with Gasteiger partial charge in [0.05, 0.1) is 17.9 Å². The summed E-state index contributed by atoms with van der Waals surface area (Å²) in [6, 6.07) is 18.3. The van der Waals surface area contributed by atoms with Gasteiger partial charge in [0.2, 0.25) is 5.82 Å². The van der Waals surface area contributed by atoms with E-state index in [1.807, 2.05) is 33.4 Å². The average molecular weight is 522 g/mol. The second kappa shape index (κ2) is 10.8. The van der Waals surface area contributed by atoms with Gasteiger partial charge in [-0.3, -0.25) is 14.1 Å². The van der Waals surface area contributed by atoms with Crippen molar-refractivity contribution in [1.82, 2.24) is 34.7 Å². The molecule has 2 aromatic carbocycles. The van der Waals surface area contributed by atoms with Gasteiger partial charge in [0.25, 0.3) is 0 Å². The molecule has 0 atom stereocenters. The van der Waals surface area contributed by atoms with E-state index >= 15 is 0 Å². The molecule has 39 heavy (non-hydrogen) atoms. The Hall–Kier alpha value is -4.33. The number of imidazole rings is 1. The first-order valence-electron chi connectivity index (χ1n) is 13.5. The standard InChI is InChI=1S/C31H35N7O/c1-6-7-11-24-20-38(28-21(2)10-8-13-26(28)31(3,4)5)30(39)37(24)19-22-14-16-23(17-15-22)27-25(12-9-18-32-27)29-33-35-36-34-29/h8-10,12-18,20H,6-7,11,19H2,1-5H3,(H,33,34,35,36). The van der Waals surface area contributed by atoms with Gasteiger partial charge >= 0.3 is 5.69 Å². The summed E-state index contributed by atoms with van der Waals surface area (Å²) in [7, 11) is 0. The van der Waals surface area contributed by atoms with Crippen LogP contribution >= 0.6 is 0 Å². The van der Waals surface area contributed by atoms with Gasteiger partial charge in [-0.25, -0.2) is 4.79 Å². The van der Waals surface area contributed by atoms with Crippen molar-refractivity contribution < 1.29 is 0 Å². The summed E-state index contributed by atoms with van der Waals surface area (Å²) >= 11 is 0. The van der Waals surface area contributed by atoms with Crippen molar-refractivity contribution in [3.05, 3.63) is 99.9 Å². The SMILES string of the molecule is CCCCc1cn(-c2c(C)cccc2C(C)(C)C)c(=O)n1Cc1ccc(-c2ncccc2-c2nn[nH]n2)cc1. The molecule has 0 bridgehead atoms. The molecule has 5 rings (SSSR count). The Bertz CT molecular complexity index is 1620. The number of H-pyrrole nitrogens is 1. The number of benzene rings is 2. The molecule has 8 nitrogen and oxygen atoms in total. The van der Waals surface area contributed by atoms with Gasteiger partial charge in [0.15, 0.2) is 0 Å². The Morgan fingerprint density at radius 2 is 1.79 bits per heavy atom. The lowest BCUT2D eigenvalue weighted by molar-refractivity contribution is 0.583. The summed E-state index contributed by atoms with van der Waals surface area (Å²) < 4.78 is 3.79. The van der Waals surface area contributed by atoms with E-state index < -0.39 is 0 Å². The highest BCUT2D eigenvalue weighted by molar-refractivity contribution is 5.76. The van der Waals surface area contributed by atoms with Crippen LogP contribution in [0.5, 0.6) is 0 Å². The van der Waals surface area contributed by atoms with Gasteiger partial charge in [0.1, 0.15) is 0 Å². The molecule has 5 aromatic rings. The quantitative estimate of drug-likeness (QED) is 0.275. The lowest BCUT2D eigenvalue weighted by Gasteiger charge is -2.24. The first-order valence-corrected chi connectivity index (χ1v) is 13.5. The average Bonchev–Trinajstić information content (AvgIpc) is 3.56. The summed E-state index contributed by atoms with van der Waals surface area (Å²) in [5.41, 5.74) is 7.81. The van der Waals surface area contributed by atoms with Gasteiger partial charge in [-0.1, -0.05) is 76.6 Å². The summed E-state index contributed by atoms with van der Waals surface area (Å²) in [5.74, 6) is 0.501. The topological polar surface area (TPSA) is 94.3 Å². The summed E-state index contributed by atoms with van der Waals surface area (Å²) in [4.78, 5) is 18.5. The molecule has 0 aliphatic heterocycles. The van der Waals surface area contributed by atoms with E-state index in [1.54, 1.807) is 6.20 Å². The van der Waals surface area contributed by atoms with Crippen molar-refractivity contribution >= 4 is 0 Å². The van der Waals surface area contributed by atoms with Crippen molar-refractivity contribution in [2.45, 2.75) is 65.8 Å². The smallest absolute Gasteiger partial charge is 0.292 e. The maximum atomic E-state index is 13.9. The number of para-hydroxylation sites is 1. The van der Waals surface area contributed by atoms with Crippen molar-refractivity contribution in [1.29, 1.82) is 0 Å². The Balaban J connectivity index is 1.52. The molecule has 8 heteroatoms. The maximum absolute atomic E-state index is 13.9. The van der Waals surface area contributed by atoms with Crippen LogP contribution in [0.4, 0.5) is 0 Å². The third-order valence-corrected chi connectivity index (χ3v) is 7.10. The Labute approximate surface area is 228 Å². The molecule has 0 spiro atoms. The van der Waals surface area contributed by atoms with Gasteiger partial charge in [-0.15, -0.1) is 10.2 Å². The molecule has 0 aliphatic rings. The molecule has 0 radical (unpaired) electrons. The molecule has 0 amide bonds. The molecule has 0 unspecified atom stereocenters. The van der Waals surface area contributed by atoms with Crippen LogP contribution in [0.25, 0.3) is 28.3 Å². The zero-order chi connectivity index (χ0) is 27.6. The fourth-order valence-corrected chi connectivity index (χ4v) is 5.04. The minimum atomic E-state index is -0.0892. The first-order chi connectivity index (χ1) is 18.8. The van der Waals surface area contributed by atoms with Crippen LogP contribution in [0, 0.1) is 6.92 Å². The Kier molecular flexibility index (Phi) is 7.28. The first kappa shape index (κ1) is 26.3. The molecule has 200 valence electrons. The predicted octanol–water partition coefficient (Wildman–Crippen LogP) is 5.88. The molecular formula is C31H35N7O. The predicted molar refractivity (Wildman–Crippen MR) is 154 cm³/mol. The molecule has 3 aromatic heterocycles. The normalized spacial score (nSPS) is 11.7. The third-order valence-electron chi connectivity index (χ3n) is 7.10. The summed E-state index contributed by atoms with van der Waals surface area (Å²) in [6.07, 6.45) is 6.76. The van der Waals surface area contributed by atoms with E-state index in [4.69, 9.17) is 0 Å². The maximum Gasteiger partial charge on any atom is 0.333 e. The van der Waals surface area contributed by atoms with Gasteiger partial charge < -0.3 is 0 Å². The highest BCUT2D eigenvalue weighted by Crippen LogP contribution is 2.31. The molecule has 0 saturated heterocycles. The number of aryl methyl sites for hydroxylation is 2. The molecular weight excluding hydrogens is 486 g/mol. The molecule has 3 heterocycles. The number of pyridine rings is 1. The second-order valence-corrected chi connectivity index (χ2v) is 11.0. The number of nitrogens with zero attached hydrogens (tertiary/aromatic N) is 6. The van der Waals surface area contributed by atoms with Crippen LogP contribution in [-0.2, 0) is 18.4 Å². The minimum absolute atomic E-state index is 0.00546. The van der Waals surface area contributed by atoms with Crippen molar-refractivity contribution in [2.75, 3.05) is 0 Å². The second-order valence-electron chi connectivity index (χ2n) is 11.0. The van der Waals surface area contributed by atoms with Crippen molar-refractivity contribution in [2.24, 2.45) is 0 Å². The third kappa shape index (κ3) is 5.32. The van der Waals surface area contributed by atoms with E-state index in [-0.39, 0.29) is 11.1 Å². The zero-order valence-corrected chi connectivity index (χ0v) is 23.3. The monoisotopic (exact) mass is 521 g/mol. The van der Waals surface area contributed by atoms with Crippen LogP contribution < -0.4 is 5.69 Å². The Morgan fingerprint density at radius 3 is 2.49 bits per heavy atom. The van der Waals surface area contributed by atoms with E-state index in [0.717, 1.165) is 58.6 Å². The Morgan fingerprint density at radius 1 is 1.00 bits per heavy atom. The van der Waals surface area contributed by atoms with Crippen LogP contribution in [0.15, 0.2) is 71.8 Å². The van der Waals surface area contributed by atoms with Gasteiger partial charge in [-0.2, -0.15) is 5.21 Å². The number of hydrogen-bond acceptors (Lipinski definition) is 5. The van der Waals surface area contributed by atoms with Crippen molar-refractivity contribution in [3.8, 4) is 28.3 Å². The minimum Gasteiger partial charge on any atom is -0.292 e. The fraction of sp³-hybridized carbons (Fsp3) is 0.323. The largest absolute Gasteiger partial charge is 0.333 e. The number of unbranched alkanes of at least 4 members (excludes halogenated alkanes) is 1. The van der Waals surface area contributed by atoms with E-state index in [0.29, 0.717) is 12.4 Å². The molecule has 0 saturated carbocycles. The van der Waals surface area contributed by atoms with E-state index in [1.165, 1.54) is 5.56 Å². The highest BCUT2D eigenvalue weighted by Gasteiger charge is 2.23. The van der Waals surface area contributed by atoms with E-state index in [9.17, 15) is 4.79 Å². The van der Waals surface area contributed by atoms with Crippen LogP contribution in [0.3, 0.4) is 0 Å². The highest BCUT2D eigenvalue weighted by atomic mass is 16.1. The fourth-order valence-electron chi connectivity index (χ4n) is 5.04. The van der Waals surface area contributed by atoms with Crippen molar-refractivity contribution in [3.63, 3.8) is 0 Å².